The quantitative estimate of drug-likeness (QED) is 0.145. The van der Waals surface area contributed by atoms with Gasteiger partial charge in [-0.05, 0) is 51.3 Å². The number of hydrogen-bond donors (Lipinski definition) is 4. The van der Waals surface area contributed by atoms with E-state index < -0.39 is 72.2 Å². The lowest BCUT2D eigenvalue weighted by molar-refractivity contribution is -0.148. The van der Waals surface area contributed by atoms with E-state index in [1.54, 1.807) is 42.8 Å². The number of rotatable bonds is 21. The molecule has 10 atom stereocenters. The third kappa shape index (κ3) is 12.2. The fourth-order valence-corrected chi connectivity index (χ4v) is 7.54. The van der Waals surface area contributed by atoms with Gasteiger partial charge in [-0.15, -0.1) is 0 Å². The smallest absolute Gasteiger partial charge is 0.245 e. The molecule has 14 heteroatoms. The van der Waals surface area contributed by atoms with Gasteiger partial charge < -0.3 is 40.7 Å². The second-order valence-corrected chi connectivity index (χ2v) is 15.1. The molecule has 0 aromatic heterocycles. The van der Waals surface area contributed by atoms with Crippen LogP contribution >= 0.6 is 0 Å². The average Bonchev–Trinajstić information content (AvgIpc) is 3.59. The fourth-order valence-electron chi connectivity index (χ4n) is 7.54. The first kappa shape index (κ1) is 45.6. The highest BCUT2D eigenvalue weighted by molar-refractivity contribution is 5.90. The summed E-state index contributed by atoms with van der Waals surface area (Å²) in [6.07, 6.45) is -0.0592. The minimum absolute atomic E-state index is 0.0269. The number of nitrogens with zero attached hydrogens (tertiary/aromatic N) is 3. The standard InChI is InChI=1S/C39H66N6O8/c1-12-24(4)33(44(9)39(51)32(23(2)3)42-38(50)34(26(6)46)43(7)8)30(52-10)22-31(47)45-20-16-19-29(45)35(53-11)25(5)37(49)41-28(36(40)48)21-27-17-14-13-15-18-27/h13-15,17-18,23-26,28-30,32-35,46H,12,16,19-22H2,1-11H3,(H2,40,48)(H,41,49)(H,42,50)/t24-,25+,26+,28-,29-,30+,32?,33-,34-,35+/m0/s1. The maximum Gasteiger partial charge on any atom is 0.245 e. The van der Waals surface area contributed by atoms with Crippen LogP contribution in [0.3, 0.4) is 0 Å². The number of aliphatic hydroxyl groups excluding tert-OH is 1. The Morgan fingerprint density at radius 1 is 0.962 bits per heavy atom. The first-order valence-electron chi connectivity index (χ1n) is 18.8. The van der Waals surface area contributed by atoms with Crippen LogP contribution in [0.25, 0.3) is 0 Å². The van der Waals surface area contributed by atoms with Crippen LogP contribution in [-0.2, 0) is 39.9 Å². The van der Waals surface area contributed by atoms with Crippen LogP contribution in [0.2, 0.25) is 0 Å². The molecule has 0 radical (unpaired) electrons. The van der Waals surface area contributed by atoms with Crippen molar-refractivity contribution in [2.75, 3.05) is 41.9 Å². The zero-order valence-corrected chi connectivity index (χ0v) is 33.7. The lowest BCUT2D eigenvalue weighted by Gasteiger charge is -2.41. The first-order chi connectivity index (χ1) is 24.9. The van der Waals surface area contributed by atoms with E-state index >= 15 is 0 Å². The van der Waals surface area contributed by atoms with Crippen molar-refractivity contribution in [1.82, 2.24) is 25.3 Å². The van der Waals surface area contributed by atoms with E-state index in [1.807, 2.05) is 58.0 Å². The van der Waals surface area contributed by atoms with Crippen molar-refractivity contribution in [3.05, 3.63) is 35.9 Å². The van der Waals surface area contributed by atoms with Gasteiger partial charge in [0.05, 0.1) is 42.7 Å². The molecule has 0 saturated carbocycles. The van der Waals surface area contributed by atoms with Gasteiger partial charge >= 0.3 is 0 Å². The Morgan fingerprint density at radius 2 is 1.58 bits per heavy atom. The molecule has 0 spiro atoms. The Balaban J connectivity index is 2.27. The number of nitrogens with one attached hydrogen (secondary N) is 2. The van der Waals surface area contributed by atoms with Crippen LogP contribution in [-0.4, -0.2) is 140 Å². The van der Waals surface area contributed by atoms with Crippen LogP contribution in [0.5, 0.6) is 0 Å². The summed E-state index contributed by atoms with van der Waals surface area (Å²) in [4.78, 5) is 72.3. The summed E-state index contributed by atoms with van der Waals surface area (Å²) in [7, 11) is 8.08. The highest BCUT2D eigenvalue weighted by atomic mass is 16.5. The lowest BCUT2D eigenvalue weighted by Crippen LogP contribution is -2.60. The number of hydrogen-bond acceptors (Lipinski definition) is 9. The van der Waals surface area contributed by atoms with E-state index in [2.05, 4.69) is 10.6 Å². The van der Waals surface area contributed by atoms with Crippen molar-refractivity contribution < 1.29 is 38.6 Å². The molecule has 2 rings (SSSR count). The Kier molecular flexibility index (Phi) is 18.3. The molecule has 1 aromatic rings. The monoisotopic (exact) mass is 746 g/mol. The van der Waals surface area contributed by atoms with E-state index in [1.165, 1.54) is 21.1 Å². The molecule has 1 aliphatic heterocycles. The fraction of sp³-hybridized carbons (Fsp3) is 0.718. The number of ether oxygens (including phenoxy) is 2. The number of amides is 5. The van der Waals surface area contributed by atoms with E-state index in [9.17, 15) is 29.1 Å². The number of carbonyl (C=O) groups is 5. The molecule has 1 fully saturated rings. The Bertz CT molecular complexity index is 1340. The molecular formula is C39H66N6O8. The molecule has 5 N–H and O–H groups in total. The van der Waals surface area contributed by atoms with E-state index in [4.69, 9.17) is 15.2 Å². The summed E-state index contributed by atoms with van der Waals surface area (Å²) >= 11 is 0. The van der Waals surface area contributed by atoms with Crippen LogP contribution in [0.15, 0.2) is 30.3 Å². The SMILES string of the molecule is CC[C@H](C)[C@@H]([C@@H](CC(=O)N1CCC[C@H]1[C@H](OC)[C@@H](C)C(=O)N[C@@H](Cc1ccccc1)C(N)=O)OC)N(C)C(=O)C(NC(=O)[C@H]([C@@H](C)O)N(C)C)C(C)C. The highest BCUT2D eigenvalue weighted by Gasteiger charge is 2.43. The summed E-state index contributed by atoms with van der Waals surface area (Å²) in [5.41, 5.74) is 6.52. The topological polar surface area (TPSA) is 184 Å². The molecule has 14 nitrogen and oxygen atoms in total. The van der Waals surface area contributed by atoms with Gasteiger partial charge in [0.15, 0.2) is 0 Å². The minimum Gasteiger partial charge on any atom is -0.391 e. The second kappa shape index (κ2) is 21.3. The molecule has 5 amide bonds. The van der Waals surface area contributed by atoms with Crippen LogP contribution < -0.4 is 16.4 Å². The maximum atomic E-state index is 14.1. The third-order valence-corrected chi connectivity index (χ3v) is 10.7. The number of primary amides is 1. The number of aliphatic hydroxyl groups is 1. The van der Waals surface area contributed by atoms with E-state index in [0.29, 0.717) is 25.8 Å². The molecule has 0 aliphatic carbocycles. The van der Waals surface area contributed by atoms with Gasteiger partial charge in [0, 0.05) is 34.2 Å². The Labute approximate surface area is 316 Å². The molecule has 300 valence electrons. The van der Waals surface area contributed by atoms with Gasteiger partial charge in [-0.3, -0.25) is 28.9 Å². The summed E-state index contributed by atoms with van der Waals surface area (Å²) < 4.78 is 11.9. The number of likely N-dealkylation sites (tertiary alicyclic amines) is 1. The van der Waals surface area contributed by atoms with E-state index in [0.717, 1.165) is 5.56 Å². The first-order valence-corrected chi connectivity index (χ1v) is 18.8. The van der Waals surface area contributed by atoms with E-state index in [-0.39, 0.29) is 36.5 Å². The van der Waals surface area contributed by atoms with Crippen LogP contribution in [0, 0.1) is 17.8 Å². The summed E-state index contributed by atoms with van der Waals surface area (Å²) in [5.74, 6) is -3.08. The van der Waals surface area contributed by atoms with Crippen molar-refractivity contribution in [3.8, 4) is 0 Å². The minimum atomic E-state index is -0.960. The highest BCUT2D eigenvalue weighted by Crippen LogP contribution is 2.29. The van der Waals surface area contributed by atoms with Gasteiger partial charge in [-0.1, -0.05) is 71.4 Å². The van der Waals surface area contributed by atoms with Gasteiger partial charge in [-0.25, -0.2) is 0 Å². The zero-order chi connectivity index (χ0) is 40.2. The molecule has 1 heterocycles. The van der Waals surface area contributed by atoms with Crippen LogP contribution in [0.4, 0.5) is 0 Å². The number of carbonyl (C=O) groups excluding carboxylic acids is 5. The van der Waals surface area contributed by atoms with Crippen LogP contribution in [0.1, 0.15) is 72.8 Å². The van der Waals surface area contributed by atoms with Crippen molar-refractivity contribution >= 4 is 29.5 Å². The molecular weight excluding hydrogens is 680 g/mol. The normalized spacial score (nSPS) is 19.7. The van der Waals surface area contributed by atoms with Crippen molar-refractivity contribution in [2.24, 2.45) is 23.5 Å². The van der Waals surface area contributed by atoms with Crippen molar-refractivity contribution in [2.45, 2.75) is 122 Å². The number of methoxy groups -OCH3 is 2. The largest absolute Gasteiger partial charge is 0.391 e. The van der Waals surface area contributed by atoms with Gasteiger partial charge in [0.1, 0.15) is 18.1 Å². The second-order valence-electron chi connectivity index (χ2n) is 15.1. The Hall–Kier alpha value is -3.59. The number of benzene rings is 1. The predicted octanol–water partition coefficient (Wildman–Crippen LogP) is 1.57. The zero-order valence-electron chi connectivity index (χ0n) is 33.7. The number of nitrogens with two attached hydrogens (primary N) is 1. The third-order valence-electron chi connectivity index (χ3n) is 10.7. The lowest BCUT2D eigenvalue weighted by atomic mass is 9.89. The van der Waals surface area contributed by atoms with Gasteiger partial charge in [-0.2, -0.15) is 0 Å². The molecule has 0 bridgehead atoms. The molecule has 1 saturated heterocycles. The van der Waals surface area contributed by atoms with Crippen molar-refractivity contribution in [1.29, 1.82) is 0 Å². The summed E-state index contributed by atoms with van der Waals surface area (Å²) in [6, 6.07) is 5.72. The maximum absolute atomic E-state index is 14.1. The Morgan fingerprint density at radius 3 is 2.08 bits per heavy atom. The summed E-state index contributed by atoms with van der Waals surface area (Å²) in [5, 5.41) is 15.9. The molecule has 1 unspecified atom stereocenters. The average molecular weight is 747 g/mol. The van der Waals surface area contributed by atoms with Crippen molar-refractivity contribution in [3.63, 3.8) is 0 Å². The molecule has 1 aromatic carbocycles. The number of likely N-dealkylation sites (N-methyl/N-ethyl adjacent to an activating group) is 2. The predicted molar refractivity (Wildman–Crippen MR) is 203 cm³/mol. The van der Waals surface area contributed by atoms with Gasteiger partial charge in [0.2, 0.25) is 29.5 Å². The summed E-state index contributed by atoms with van der Waals surface area (Å²) in [6.45, 7) is 11.4. The molecule has 1 aliphatic rings. The van der Waals surface area contributed by atoms with Gasteiger partial charge in [0.25, 0.3) is 0 Å². The molecule has 53 heavy (non-hydrogen) atoms.